The highest BCUT2D eigenvalue weighted by atomic mass is 32.2. The molecule has 31 heavy (non-hydrogen) atoms. The lowest BCUT2D eigenvalue weighted by Crippen LogP contribution is -2.23. The van der Waals surface area contributed by atoms with Crippen LogP contribution in [-0.4, -0.2) is 27.9 Å². The van der Waals surface area contributed by atoms with E-state index in [9.17, 15) is 9.59 Å². The molecule has 0 atom stereocenters. The number of hydrogen-bond acceptors (Lipinski definition) is 6. The maximum atomic E-state index is 13.7. The molecule has 0 radical (unpaired) electrons. The SMILES string of the molecule is CCCCOC(=O)CSc1nc2sc3c(c2c(=O)n1-c1ccc(C)c(C)c1)CCCC3. The quantitative estimate of drug-likeness (QED) is 0.207. The highest BCUT2D eigenvalue weighted by Crippen LogP contribution is 2.35. The van der Waals surface area contributed by atoms with Crippen molar-refractivity contribution in [2.75, 3.05) is 12.4 Å². The minimum absolute atomic E-state index is 0.0329. The summed E-state index contributed by atoms with van der Waals surface area (Å²) in [7, 11) is 0. The van der Waals surface area contributed by atoms with Gasteiger partial charge in [0.25, 0.3) is 5.56 Å². The molecule has 2 heterocycles. The summed E-state index contributed by atoms with van der Waals surface area (Å²) in [6, 6.07) is 6.00. The van der Waals surface area contributed by atoms with Gasteiger partial charge in [-0.1, -0.05) is 31.2 Å². The lowest BCUT2D eigenvalue weighted by atomic mass is 9.97. The smallest absolute Gasteiger partial charge is 0.316 e. The molecule has 2 aromatic heterocycles. The van der Waals surface area contributed by atoms with Crippen molar-refractivity contribution in [1.29, 1.82) is 0 Å². The highest BCUT2D eigenvalue weighted by molar-refractivity contribution is 7.99. The van der Waals surface area contributed by atoms with Crippen LogP contribution in [0.3, 0.4) is 0 Å². The summed E-state index contributed by atoms with van der Waals surface area (Å²) in [6.07, 6.45) is 6.07. The normalized spacial score (nSPS) is 13.4. The molecule has 1 aliphatic carbocycles. The number of rotatable bonds is 7. The Morgan fingerprint density at radius 3 is 2.81 bits per heavy atom. The van der Waals surface area contributed by atoms with Crippen LogP contribution < -0.4 is 5.56 Å². The van der Waals surface area contributed by atoms with Gasteiger partial charge in [-0.15, -0.1) is 11.3 Å². The standard InChI is InChI=1S/C24H28N2O3S2/c1-4-5-12-29-20(27)14-30-24-25-22-21(18-8-6-7-9-19(18)31-22)23(28)26(24)17-11-10-15(2)16(3)13-17/h10-11,13H,4-9,12,14H2,1-3H3. The fraction of sp³-hybridized carbons (Fsp3) is 0.458. The van der Waals surface area contributed by atoms with Crippen molar-refractivity contribution in [3.05, 3.63) is 50.1 Å². The molecule has 7 heteroatoms. The second-order valence-electron chi connectivity index (χ2n) is 8.06. The maximum Gasteiger partial charge on any atom is 0.316 e. The number of ether oxygens (including phenoxy) is 1. The van der Waals surface area contributed by atoms with E-state index in [0.717, 1.165) is 60.0 Å². The molecule has 5 nitrogen and oxygen atoms in total. The van der Waals surface area contributed by atoms with Gasteiger partial charge in [0.2, 0.25) is 0 Å². The zero-order chi connectivity index (χ0) is 22.0. The minimum Gasteiger partial charge on any atom is -0.465 e. The molecule has 0 fully saturated rings. The first kappa shape index (κ1) is 22.1. The molecule has 0 saturated heterocycles. The van der Waals surface area contributed by atoms with Gasteiger partial charge in [0.05, 0.1) is 23.4 Å². The number of benzene rings is 1. The van der Waals surface area contributed by atoms with Crippen LogP contribution in [0.1, 0.15) is 54.2 Å². The fourth-order valence-corrected chi connectivity index (χ4v) is 5.98. The molecule has 0 aliphatic heterocycles. The van der Waals surface area contributed by atoms with Crippen LogP contribution in [0, 0.1) is 13.8 Å². The summed E-state index contributed by atoms with van der Waals surface area (Å²) in [4.78, 5) is 32.9. The summed E-state index contributed by atoms with van der Waals surface area (Å²) in [5.41, 5.74) is 4.23. The Balaban J connectivity index is 1.78. The lowest BCUT2D eigenvalue weighted by Gasteiger charge is -2.14. The number of esters is 1. The number of nitrogens with zero attached hydrogens (tertiary/aromatic N) is 2. The molecule has 0 unspecified atom stereocenters. The average Bonchev–Trinajstić information content (AvgIpc) is 3.13. The van der Waals surface area contributed by atoms with Crippen LogP contribution in [0.2, 0.25) is 0 Å². The molecular weight excluding hydrogens is 428 g/mol. The van der Waals surface area contributed by atoms with Crippen molar-refractivity contribution in [3.8, 4) is 5.69 Å². The van der Waals surface area contributed by atoms with Crippen LogP contribution in [0.25, 0.3) is 15.9 Å². The predicted octanol–water partition coefficient (Wildman–Crippen LogP) is 5.38. The van der Waals surface area contributed by atoms with E-state index in [1.54, 1.807) is 15.9 Å². The summed E-state index contributed by atoms with van der Waals surface area (Å²) < 4.78 is 6.98. The second-order valence-corrected chi connectivity index (χ2v) is 10.1. The van der Waals surface area contributed by atoms with E-state index in [-0.39, 0.29) is 17.3 Å². The number of aryl methyl sites for hydroxylation is 4. The Kier molecular flexibility index (Phi) is 6.82. The van der Waals surface area contributed by atoms with Gasteiger partial charge in [-0.2, -0.15) is 0 Å². The van der Waals surface area contributed by atoms with Gasteiger partial charge in [-0.05, 0) is 74.8 Å². The monoisotopic (exact) mass is 456 g/mol. The van der Waals surface area contributed by atoms with Gasteiger partial charge < -0.3 is 4.74 Å². The molecule has 0 N–H and O–H groups in total. The Bertz CT molecular complexity index is 1180. The first-order chi connectivity index (χ1) is 15.0. The molecular formula is C24H28N2O3S2. The average molecular weight is 457 g/mol. The number of hydrogen-bond donors (Lipinski definition) is 0. The van der Waals surface area contributed by atoms with E-state index in [4.69, 9.17) is 9.72 Å². The minimum atomic E-state index is -0.273. The van der Waals surface area contributed by atoms with Crippen molar-refractivity contribution in [2.45, 2.75) is 64.5 Å². The highest BCUT2D eigenvalue weighted by Gasteiger charge is 2.23. The molecule has 1 aliphatic rings. The number of thiophene rings is 1. The lowest BCUT2D eigenvalue weighted by molar-refractivity contribution is -0.140. The van der Waals surface area contributed by atoms with Gasteiger partial charge >= 0.3 is 5.97 Å². The van der Waals surface area contributed by atoms with Crippen LogP contribution in [0.15, 0.2) is 28.2 Å². The van der Waals surface area contributed by atoms with E-state index in [1.165, 1.54) is 27.8 Å². The third-order valence-electron chi connectivity index (χ3n) is 5.79. The third-order valence-corrected chi connectivity index (χ3v) is 7.88. The van der Waals surface area contributed by atoms with Crippen LogP contribution >= 0.6 is 23.1 Å². The first-order valence-corrected chi connectivity index (χ1v) is 12.7. The summed E-state index contributed by atoms with van der Waals surface area (Å²) >= 11 is 2.91. The predicted molar refractivity (Wildman–Crippen MR) is 128 cm³/mol. The van der Waals surface area contributed by atoms with Crippen molar-refractivity contribution >= 4 is 39.3 Å². The molecule has 0 amide bonds. The number of carbonyl (C=O) groups excluding carboxylic acids is 1. The van der Waals surface area contributed by atoms with Gasteiger partial charge in [-0.25, -0.2) is 4.98 Å². The Morgan fingerprint density at radius 2 is 2.03 bits per heavy atom. The van der Waals surface area contributed by atoms with Gasteiger partial charge in [0, 0.05) is 4.88 Å². The maximum absolute atomic E-state index is 13.7. The molecule has 0 saturated carbocycles. The van der Waals surface area contributed by atoms with E-state index >= 15 is 0 Å². The van der Waals surface area contributed by atoms with Gasteiger partial charge in [-0.3, -0.25) is 14.2 Å². The number of aromatic nitrogens is 2. The zero-order valence-corrected chi connectivity index (χ0v) is 20.0. The fourth-order valence-electron chi connectivity index (χ4n) is 3.87. The first-order valence-electron chi connectivity index (χ1n) is 10.9. The van der Waals surface area contributed by atoms with Crippen LogP contribution in [-0.2, 0) is 22.4 Å². The largest absolute Gasteiger partial charge is 0.465 e. The van der Waals surface area contributed by atoms with Gasteiger partial charge in [0.15, 0.2) is 5.16 Å². The molecule has 4 rings (SSSR count). The van der Waals surface area contributed by atoms with Crippen molar-refractivity contribution in [3.63, 3.8) is 0 Å². The molecule has 1 aromatic carbocycles. The number of thioether (sulfide) groups is 1. The Labute approximate surface area is 190 Å². The Hall–Kier alpha value is -2.12. The van der Waals surface area contributed by atoms with Crippen molar-refractivity contribution in [2.24, 2.45) is 0 Å². The summed E-state index contributed by atoms with van der Waals surface area (Å²) in [6.45, 7) is 6.59. The number of unbranched alkanes of at least 4 members (excludes halogenated alkanes) is 1. The van der Waals surface area contributed by atoms with E-state index in [0.29, 0.717) is 11.8 Å². The molecule has 0 spiro atoms. The van der Waals surface area contributed by atoms with Crippen molar-refractivity contribution in [1.82, 2.24) is 9.55 Å². The summed E-state index contributed by atoms with van der Waals surface area (Å²) in [5, 5.41) is 1.31. The Morgan fingerprint density at radius 1 is 1.23 bits per heavy atom. The summed E-state index contributed by atoms with van der Waals surface area (Å²) in [5.74, 6) is -0.137. The van der Waals surface area contributed by atoms with E-state index < -0.39 is 0 Å². The van der Waals surface area contributed by atoms with Gasteiger partial charge in [0.1, 0.15) is 4.83 Å². The number of carbonyl (C=O) groups is 1. The zero-order valence-electron chi connectivity index (χ0n) is 18.3. The van der Waals surface area contributed by atoms with Crippen LogP contribution in [0.4, 0.5) is 0 Å². The molecule has 0 bridgehead atoms. The van der Waals surface area contributed by atoms with E-state index in [1.807, 2.05) is 25.1 Å². The molecule has 3 aromatic rings. The topological polar surface area (TPSA) is 61.2 Å². The van der Waals surface area contributed by atoms with Crippen LogP contribution in [0.5, 0.6) is 0 Å². The number of fused-ring (bicyclic) bond motifs is 3. The van der Waals surface area contributed by atoms with E-state index in [2.05, 4.69) is 13.8 Å². The second kappa shape index (κ2) is 9.57. The third kappa shape index (κ3) is 4.58. The van der Waals surface area contributed by atoms with Crippen molar-refractivity contribution < 1.29 is 9.53 Å². The molecule has 164 valence electrons.